The van der Waals surface area contributed by atoms with Gasteiger partial charge in [0.2, 0.25) is 0 Å². The minimum atomic E-state index is -0.886. The highest BCUT2D eigenvalue weighted by molar-refractivity contribution is 5.72. The largest absolute Gasteiger partial charge is 0.477 e. The minimum Gasteiger partial charge on any atom is -0.477 e. The van der Waals surface area contributed by atoms with E-state index in [2.05, 4.69) is 74.6 Å². The standard InChI is InChI=1S/C50H85NO7/c1-6-8-10-12-14-16-18-20-22-23-24-25-27-28-30-32-34-36-38-40-48(52)57-45-46(44-56-43-42-47(50(54)55)51(3,4)5)58-49(53)41-39-37-35-33-31-29-26-21-19-17-15-13-11-9-7-2/h8,10,14,16,20,22,24-25,28,30,34,36,46-47H,6-7,9,11-13,15,17-19,21,23,26-27,29,31-33,35,37-45H2,1-5H3/p+1/b10-8+,16-14+,22-20+,25-24+,30-28+,36-34+. The lowest BCUT2D eigenvalue weighted by Gasteiger charge is -2.31. The highest BCUT2D eigenvalue weighted by Crippen LogP contribution is 2.15. The van der Waals surface area contributed by atoms with Crippen molar-refractivity contribution in [3.8, 4) is 0 Å². The Bertz CT molecular complexity index is 1180. The van der Waals surface area contributed by atoms with Gasteiger partial charge in [0.25, 0.3) is 0 Å². The molecule has 0 heterocycles. The Morgan fingerprint density at radius 1 is 0.534 bits per heavy atom. The number of carboxylic acid groups (broad SMARTS) is 1. The molecule has 0 bridgehead atoms. The van der Waals surface area contributed by atoms with E-state index >= 15 is 0 Å². The number of ether oxygens (including phenoxy) is 3. The number of unbranched alkanes of at least 4 members (excludes halogenated alkanes) is 14. The highest BCUT2D eigenvalue weighted by atomic mass is 16.6. The molecule has 0 aromatic carbocycles. The molecule has 332 valence electrons. The van der Waals surface area contributed by atoms with Gasteiger partial charge in [-0.05, 0) is 51.4 Å². The monoisotopic (exact) mass is 813 g/mol. The molecule has 0 radical (unpaired) electrons. The second-order valence-electron chi connectivity index (χ2n) is 16.3. The van der Waals surface area contributed by atoms with E-state index in [1.54, 1.807) is 0 Å². The Kier molecular flexibility index (Phi) is 38.3. The molecule has 2 atom stereocenters. The highest BCUT2D eigenvalue weighted by Gasteiger charge is 2.31. The topological polar surface area (TPSA) is 99.1 Å². The molecule has 0 rings (SSSR count). The number of quaternary nitrogens is 1. The predicted octanol–water partition coefficient (Wildman–Crippen LogP) is 12.7. The van der Waals surface area contributed by atoms with Gasteiger partial charge < -0.3 is 23.8 Å². The summed E-state index contributed by atoms with van der Waals surface area (Å²) in [5.41, 5.74) is 0. The second-order valence-corrected chi connectivity index (χ2v) is 16.3. The van der Waals surface area contributed by atoms with Crippen molar-refractivity contribution in [2.45, 2.75) is 187 Å². The molecule has 58 heavy (non-hydrogen) atoms. The SMILES string of the molecule is CC/C=C/C/C=C/C/C=C/C/C=C/C/C=C/C/C=C/CCC(=O)OCC(COCCC(C(=O)O)[N+](C)(C)C)OC(=O)CCCCCCCCCCCCCCCCC. The zero-order chi connectivity index (χ0) is 42.8. The van der Waals surface area contributed by atoms with E-state index in [4.69, 9.17) is 14.2 Å². The molecule has 0 aliphatic carbocycles. The van der Waals surface area contributed by atoms with E-state index in [1.165, 1.54) is 77.0 Å². The summed E-state index contributed by atoms with van der Waals surface area (Å²) in [6, 6.07) is -0.627. The number of allylic oxidation sites excluding steroid dienone is 12. The zero-order valence-corrected chi connectivity index (χ0v) is 37.7. The van der Waals surface area contributed by atoms with Gasteiger partial charge in [-0.1, -0.05) is 177 Å². The van der Waals surface area contributed by atoms with Crippen LogP contribution < -0.4 is 0 Å². The maximum absolute atomic E-state index is 12.7. The minimum absolute atomic E-state index is 0.0362. The van der Waals surface area contributed by atoms with E-state index in [0.29, 0.717) is 19.3 Å². The molecule has 0 saturated heterocycles. The van der Waals surface area contributed by atoms with Crippen molar-refractivity contribution < 1.29 is 38.2 Å². The van der Waals surface area contributed by atoms with E-state index in [-0.39, 0.29) is 42.7 Å². The molecule has 8 heteroatoms. The molecule has 0 amide bonds. The van der Waals surface area contributed by atoms with Gasteiger partial charge in [0.15, 0.2) is 12.1 Å². The number of esters is 2. The summed E-state index contributed by atoms with van der Waals surface area (Å²) in [5.74, 6) is -1.57. The maximum atomic E-state index is 12.7. The third kappa shape index (κ3) is 38.3. The fourth-order valence-corrected chi connectivity index (χ4v) is 6.35. The van der Waals surface area contributed by atoms with E-state index in [9.17, 15) is 19.5 Å². The average Bonchev–Trinajstić information content (AvgIpc) is 3.18. The van der Waals surface area contributed by atoms with Gasteiger partial charge in [0, 0.05) is 19.3 Å². The maximum Gasteiger partial charge on any atom is 0.362 e. The van der Waals surface area contributed by atoms with E-state index < -0.39 is 18.1 Å². The van der Waals surface area contributed by atoms with Gasteiger partial charge in [0.05, 0.1) is 34.4 Å². The molecule has 0 aliphatic rings. The number of hydrogen-bond donors (Lipinski definition) is 1. The second kappa shape index (κ2) is 40.5. The van der Waals surface area contributed by atoms with Crippen LogP contribution in [0, 0.1) is 0 Å². The van der Waals surface area contributed by atoms with Crippen molar-refractivity contribution in [1.82, 2.24) is 0 Å². The van der Waals surface area contributed by atoms with Gasteiger partial charge in [-0.3, -0.25) is 9.59 Å². The average molecular weight is 813 g/mol. The first-order chi connectivity index (χ1) is 28.1. The van der Waals surface area contributed by atoms with Crippen LogP contribution in [0.2, 0.25) is 0 Å². The smallest absolute Gasteiger partial charge is 0.362 e. The van der Waals surface area contributed by atoms with Crippen LogP contribution in [0.1, 0.15) is 174 Å². The first-order valence-corrected chi connectivity index (χ1v) is 23.0. The van der Waals surface area contributed by atoms with Crippen molar-refractivity contribution in [1.29, 1.82) is 0 Å². The predicted molar refractivity (Wildman–Crippen MR) is 243 cm³/mol. The molecular weight excluding hydrogens is 727 g/mol. The van der Waals surface area contributed by atoms with Crippen LogP contribution in [0.3, 0.4) is 0 Å². The third-order valence-electron chi connectivity index (χ3n) is 9.88. The Labute approximate surface area is 355 Å². The van der Waals surface area contributed by atoms with Crippen molar-refractivity contribution >= 4 is 17.9 Å². The molecule has 8 nitrogen and oxygen atoms in total. The fraction of sp³-hybridized carbons (Fsp3) is 0.700. The molecule has 0 spiro atoms. The molecule has 0 aromatic heterocycles. The third-order valence-corrected chi connectivity index (χ3v) is 9.88. The van der Waals surface area contributed by atoms with Crippen molar-refractivity contribution in [2.75, 3.05) is 41.0 Å². The molecule has 1 N–H and O–H groups in total. The number of likely N-dealkylation sites (N-methyl/N-ethyl adjacent to an activating group) is 1. The van der Waals surface area contributed by atoms with Crippen LogP contribution in [0.15, 0.2) is 72.9 Å². The molecule has 0 fully saturated rings. The summed E-state index contributed by atoms with van der Waals surface area (Å²) in [4.78, 5) is 37.0. The van der Waals surface area contributed by atoms with Crippen LogP contribution in [0.4, 0.5) is 0 Å². The van der Waals surface area contributed by atoms with E-state index in [0.717, 1.165) is 57.8 Å². The normalized spacial score (nSPS) is 13.6. The lowest BCUT2D eigenvalue weighted by Crippen LogP contribution is -2.50. The molecule has 0 aromatic rings. The quantitative estimate of drug-likeness (QED) is 0.0285. The fourth-order valence-electron chi connectivity index (χ4n) is 6.35. The van der Waals surface area contributed by atoms with Crippen molar-refractivity contribution in [3.63, 3.8) is 0 Å². The van der Waals surface area contributed by atoms with Gasteiger partial charge >= 0.3 is 17.9 Å². The Morgan fingerprint density at radius 3 is 1.40 bits per heavy atom. The van der Waals surface area contributed by atoms with Crippen LogP contribution in [-0.4, -0.2) is 80.6 Å². The first kappa shape index (κ1) is 54.8. The summed E-state index contributed by atoms with van der Waals surface area (Å²) in [7, 11) is 5.50. The molecular formula is C50H86NO7+. The summed E-state index contributed by atoms with van der Waals surface area (Å²) in [6.45, 7) is 4.54. The number of hydrogen-bond acceptors (Lipinski definition) is 6. The van der Waals surface area contributed by atoms with Gasteiger partial charge in [-0.15, -0.1) is 0 Å². The zero-order valence-electron chi connectivity index (χ0n) is 37.7. The summed E-state index contributed by atoms with van der Waals surface area (Å²) in [5, 5.41) is 9.62. The summed E-state index contributed by atoms with van der Waals surface area (Å²) in [6.07, 6.45) is 51.0. The number of carbonyl (C=O) groups is 3. The number of nitrogens with zero attached hydrogens (tertiary/aromatic N) is 1. The first-order valence-electron chi connectivity index (χ1n) is 23.0. The summed E-state index contributed by atoms with van der Waals surface area (Å²) >= 11 is 0. The molecule has 2 unspecified atom stereocenters. The number of carboxylic acids is 1. The lowest BCUT2D eigenvalue weighted by atomic mass is 10.0. The van der Waals surface area contributed by atoms with Crippen molar-refractivity contribution in [2.24, 2.45) is 0 Å². The van der Waals surface area contributed by atoms with Crippen LogP contribution in [0.25, 0.3) is 0 Å². The van der Waals surface area contributed by atoms with Gasteiger partial charge in [-0.25, -0.2) is 4.79 Å². The number of carbonyl (C=O) groups excluding carboxylic acids is 2. The van der Waals surface area contributed by atoms with Gasteiger partial charge in [-0.2, -0.15) is 0 Å². The molecule has 0 aliphatic heterocycles. The number of rotatable bonds is 40. The summed E-state index contributed by atoms with van der Waals surface area (Å²) < 4.78 is 17.2. The molecule has 0 saturated carbocycles. The van der Waals surface area contributed by atoms with Gasteiger partial charge in [0.1, 0.15) is 6.61 Å². The van der Waals surface area contributed by atoms with Crippen LogP contribution in [0.5, 0.6) is 0 Å². The van der Waals surface area contributed by atoms with E-state index in [1.807, 2.05) is 33.3 Å². The lowest BCUT2D eigenvalue weighted by molar-refractivity contribution is -0.887. The Hall–Kier alpha value is -3.23. The Balaban J connectivity index is 4.44. The van der Waals surface area contributed by atoms with Crippen LogP contribution >= 0.6 is 0 Å². The Morgan fingerprint density at radius 2 is 0.966 bits per heavy atom. The van der Waals surface area contributed by atoms with Crippen molar-refractivity contribution in [3.05, 3.63) is 72.9 Å². The number of aliphatic carboxylic acids is 1. The van der Waals surface area contributed by atoms with Crippen LogP contribution in [-0.2, 0) is 28.6 Å².